The minimum absolute atomic E-state index is 0.427. The van der Waals surface area contributed by atoms with E-state index in [1.165, 1.54) is 0 Å². The summed E-state index contributed by atoms with van der Waals surface area (Å²) in [6.45, 7) is 6.69. The van der Waals surface area contributed by atoms with E-state index >= 15 is 0 Å². The third kappa shape index (κ3) is 3.80. The number of fused-ring (bicyclic) bond motifs is 1. The van der Waals surface area contributed by atoms with Crippen molar-refractivity contribution >= 4 is 40.8 Å². The Labute approximate surface area is 159 Å². The smallest absolute Gasteiger partial charge is 0.423 e. The number of allylic oxidation sites excluding steroid dienone is 1. The largest absolute Gasteiger partial charge is 0.491 e. The first kappa shape index (κ1) is 19.0. The Morgan fingerprint density at radius 3 is 2.88 bits per heavy atom. The summed E-state index contributed by atoms with van der Waals surface area (Å²) in [6, 6.07) is 5.87. The van der Waals surface area contributed by atoms with E-state index in [2.05, 4.69) is 25.2 Å². The lowest BCUT2D eigenvalue weighted by atomic mass is 9.79. The van der Waals surface area contributed by atoms with Gasteiger partial charge in [-0.3, -0.25) is 0 Å². The van der Waals surface area contributed by atoms with Crippen molar-refractivity contribution < 1.29 is 9.68 Å². The van der Waals surface area contributed by atoms with Gasteiger partial charge in [-0.25, -0.2) is 9.97 Å². The zero-order valence-corrected chi connectivity index (χ0v) is 16.5. The molecule has 0 spiro atoms. The van der Waals surface area contributed by atoms with Gasteiger partial charge >= 0.3 is 7.12 Å². The number of anilines is 2. The fraction of sp³-hybridized carbons (Fsp3) is 0.368. The van der Waals surface area contributed by atoms with Crippen LogP contribution in [0.2, 0.25) is 0 Å². The standard InChI is InChI=1S/C19H24BN3O2S/c1-5-7-17(26-4)19-21-12(3)15(6-2)18(23-19)22-14-8-9-16-13(10-14)11-25-20(16)24/h7-10,24H,5-6,11H2,1-4H3,(H,21,22,23). The molecular weight excluding hydrogens is 345 g/mol. The monoisotopic (exact) mass is 369 g/mol. The van der Waals surface area contributed by atoms with Crippen LogP contribution in [0.4, 0.5) is 11.5 Å². The summed E-state index contributed by atoms with van der Waals surface area (Å²) in [6.07, 6.45) is 6.01. The average Bonchev–Trinajstić information content (AvgIpc) is 3.00. The fourth-order valence-electron chi connectivity index (χ4n) is 3.13. The first-order chi connectivity index (χ1) is 12.6. The SMILES string of the molecule is CCC=C(SC)c1nc(C)c(CC)c(Nc2ccc3c(c2)COB3O)n1. The molecule has 0 saturated heterocycles. The molecular formula is C19H24BN3O2S. The van der Waals surface area contributed by atoms with Crippen LogP contribution in [-0.2, 0) is 17.7 Å². The van der Waals surface area contributed by atoms with E-state index in [9.17, 15) is 5.02 Å². The third-order valence-electron chi connectivity index (χ3n) is 4.47. The minimum atomic E-state index is -0.818. The van der Waals surface area contributed by atoms with Gasteiger partial charge in [0.05, 0.1) is 6.61 Å². The molecule has 1 aliphatic rings. The zero-order valence-electron chi connectivity index (χ0n) is 15.7. The maximum Gasteiger partial charge on any atom is 0.491 e. The molecule has 1 aliphatic heterocycles. The van der Waals surface area contributed by atoms with Crippen LogP contribution in [0.25, 0.3) is 4.91 Å². The van der Waals surface area contributed by atoms with Crippen LogP contribution < -0.4 is 10.8 Å². The lowest BCUT2D eigenvalue weighted by molar-refractivity contribution is 0.275. The second-order valence-corrected chi connectivity index (χ2v) is 7.04. The molecule has 2 aromatic rings. The van der Waals surface area contributed by atoms with Gasteiger partial charge in [-0.05, 0) is 49.2 Å². The Kier molecular flexibility index (Phi) is 6.01. The molecule has 2 N–H and O–H groups in total. The highest BCUT2D eigenvalue weighted by molar-refractivity contribution is 8.07. The highest BCUT2D eigenvalue weighted by Crippen LogP contribution is 2.28. The number of hydrogen-bond donors (Lipinski definition) is 2. The minimum Gasteiger partial charge on any atom is -0.423 e. The molecule has 0 bridgehead atoms. The maximum atomic E-state index is 9.78. The Balaban J connectivity index is 1.98. The molecule has 0 saturated carbocycles. The van der Waals surface area contributed by atoms with Gasteiger partial charge in [0.2, 0.25) is 0 Å². The molecule has 7 heteroatoms. The van der Waals surface area contributed by atoms with Crippen molar-refractivity contribution in [2.75, 3.05) is 11.6 Å². The summed E-state index contributed by atoms with van der Waals surface area (Å²) >= 11 is 1.67. The molecule has 0 aliphatic carbocycles. The molecule has 136 valence electrons. The molecule has 3 rings (SSSR count). The average molecular weight is 369 g/mol. The van der Waals surface area contributed by atoms with E-state index in [0.29, 0.717) is 6.61 Å². The van der Waals surface area contributed by atoms with Gasteiger partial charge in [0.1, 0.15) is 5.82 Å². The van der Waals surface area contributed by atoms with Gasteiger partial charge in [-0.1, -0.05) is 26.0 Å². The van der Waals surface area contributed by atoms with E-state index in [-0.39, 0.29) is 0 Å². The van der Waals surface area contributed by atoms with E-state index in [1.54, 1.807) is 11.8 Å². The molecule has 0 unspecified atom stereocenters. The molecule has 0 fully saturated rings. The fourth-order valence-corrected chi connectivity index (χ4v) is 3.74. The van der Waals surface area contributed by atoms with Crippen molar-refractivity contribution in [2.45, 2.75) is 40.2 Å². The van der Waals surface area contributed by atoms with Crippen molar-refractivity contribution in [1.82, 2.24) is 9.97 Å². The number of nitrogens with one attached hydrogen (secondary N) is 1. The number of nitrogens with zero attached hydrogens (tertiary/aromatic N) is 2. The summed E-state index contributed by atoms with van der Waals surface area (Å²) < 4.78 is 5.28. The van der Waals surface area contributed by atoms with Crippen LogP contribution in [0.1, 0.15) is 42.9 Å². The summed E-state index contributed by atoms with van der Waals surface area (Å²) in [5.74, 6) is 1.60. The van der Waals surface area contributed by atoms with Gasteiger partial charge in [0, 0.05) is 21.8 Å². The second-order valence-electron chi connectivity index (χ2n) is 6.20. The topological polar surface area (TPSA) is 67.3 Å². The normalized spacial score (nSPS) is 13.9. The summed E-state index contributed by atoms with van der Waals surface area (Å²) in [5, 5.41) is 13.2. The number of benzene rings is 1. The van der Waals surface area contributed by atoms with Gasteiger partial charge in [0.25, 0.3) is 0 Å². The zero-order chi connectivity index (χ0) is 18.7. The second kappa shape index (κ2) is 8.25. The van der Waals surface area contributed by atoms with Gasteiger partial charge in [-0.2, -0.15) is 0 Å². The highest BCUT2D eigenvalue weighted by Gasteiger charge is 2.27. The Morgan fingerprint density at radius 2 is 2.19 bits per heavy atom. The quantitative estimate of drug-likeness (QED) is 0.761. The maximum absolute atomic E-state index is 9.78. The molecule has 1 aromatic heterocycles. The van der Waals surface area contributed by atoms with Crippen LogP contribution >= 0.6 is 11.8 Å². The molecule has 5 nitrogen and oxygen atoms in total. The molecule has 0 radical (unpaired) electrons. The number of thioether (sulfide) groups is 1. The van der Waals surface area contributed by atoms with Gasteiger partial charge < -0.3 is 15.0 Å². The number of aromatic nitrogens is 2. The first-order valence-electron chi connectivity index (χ1n) is 8.88. The predicted octanol–water partition coefficient (Wildman–Crippen LogP) is 3.42. The van der Waals surface area contributed by atoms with Crippen LogP contribution in [0.3, 0.4) is 0 Å². The van der Waals surface area contributed by atoms with Crippen LogP contribution in [-0.4, -0.2) is 28.4 Å². The molecule has 2 heterocycles. The van der Waals surface area contributed by atoms with Crippen LogP contribution in [0, 0.1) is 6.92 Å². The van der Waals surface area contributed by atoms with Crippen molar-refractivity contribution in [3.63, 3.8) is 0 Å². The van der Waals surface area contributed by atoms with Crippen molar-refractivity contribution in [2.24, 2.45) is 0 Å². The summed E-state index contributed by atoms with van der Waals surface area (Å²) in [5.41, 5.74) is 4.88. The van der Waals surface area contributed by atoms with E-state index in [4.69, 9.17) is 14.6 Å². The number of aryl methyl sites for hydroxylation is 1. The molecule has 0 atom stereocenters. The van der Waals surface area contributed by atoms with Crippen LogP contribution in [0.15, 0.2) is 24.3 Å². The molecule has 1 aromatic carbocycles. The summed E-state index contributed by atoms with van der Waals surface area (Å²) in [4.78, 5) is 10.6. The van der Waals surface area contributed by atoms with Crippen molar-refractivity contribution in [3.8, 4) is 0 Å². The van der Waals surface area contributed by atoms with Crippen molar-refractivity contribution in [3.05, 3.63) is 46.9 Å². The highest BCUT2D eigenvalue weighted by atomic mass is 32.2. The van der Waals surface area contributed by atoms with E-state index in [0.717, 1.165) is 57.4 Å². The number of rotatable bonds is 6. The lowest BCUT2D eigenvalue weighted by Crippen LogP contribution is -2.27. The van der Waals surface area contributed by atoms with Crippen molar-refractivity contribution in [1.29, 1.82) is 0 Å². The van der Waals surface area contributed by atoms with E-state index in [1.807, 2.05) is 31.4 Å². The van der Waals surface area contributed by atoms with Gasteiger partial charge in [0.15, 0.2) is 5.82 Å². The van der Waals surface area contributed by atoms with E-state index < -0.39 is 7.12 Å². The Morgan fingerprint density at radius 1 is 1.38 bits per heavy atom. The van der Waals surface area contributed by atoms with Crippen LogP contribution in [0.5, 0.6) is 0 Å². The predicted molar refractivity (Wildman–Crippen MR) is 110 cm³/mol. The summed E-state index contributed by atoms with van der Waals surface area (Å²) in [7, 11) is -0.818. The third-order valence-corrected chi connectivity index (χ3v) is 5.25. The first-order valence-corrected chi connectivity index (χ1v) is 10.1. The molecule has 26 heavy (non-hydrogen) atoms. The molecule has 0 amide bonds. The lowest BCUT2D eigenvalue weighted by Gasteiger charge is -2.15. The Bertz CT molecular complexity index is 842. The van der Waals surface area contributed by atoms with Gasteiger partial charge in [-0.15, -0.1) is 11.8 Å². The number of hydrogen-bond acceptors (Lipinski definition) is 6. The Hall–Kier alpha value is -1.83.